The first-order valence-electron chi connectivity index (χ1n) is 10.0. The summed E-state index contributed by atoms with van der Waals surface area (Å²) in [5.41, 5.74) is 0.641. The molecule has 29 heavy (non-hydrogen) atoms. The standard InChI is InChI=1S/C23H28N4O2/c1-16(2)26(17(3)4)15-14-24-22(28)21-19-12-8-9-13-20(19)23(29)27(25-21)18-10-6-5-7-11-18/h5-13,16-17H,14-15H2,1-4H3,(H,24,28). The number of nitrogens with one attached hydrogen (secondary N) is 1. The number of hydrogen-bond donors (Lipinski definition) is 1. The highest BCUT2D eigenvalue weighted by Gasteiger charge is 2.18. The predicted octanol–water partition coefficient (Wildman–Crippen LogP) is 3.23. The molecule has 0 spiro atoms. The molecular weight excluding hydrogens is 364 g/mol. The highest BCUT2D eigenvalue weighted by Crippen LogP contribution is 2.15. The molecule has 3 rings (SSSR count). The minimum absolute atomic E-state index is 0.242. The number of amides is 1. The fourth-order valence-corrected chi connectivity index (χ4v) is 3.60. The Morgan fingerprint density at radius 1 is 0.966 bits per heavy atom. The summed E-state index contributed by atoms with van der Waals surface area (Å²) >= 11 is 0. The Bertz CT molecular complexity index is 1030. The number of nitrogens with zero attached hydrogens (tertiary/aromatic N) is 3. The van der Waals surface area contributed by atoms with Crippen LogP contribution in [0.25, 0.3) is 16.5 Å². The van der Waals surface area contributed by atoms with Gasteiger partial charge in [0.2, 0.25) is 0 Å². The molecule has 1 heterocycles. The van der Waals surface area contributed by atoms with Crippen LogP contribution >= 0.6 is 0 Å². The zero-order valence-electron chi connectivity index (χ0n) is 17.4. The van der Waals surface area contributed by atoms with Crippen molar-refractivity contribution in [1.29, 1.82) is 0 Å². The minimum Gasteiger partial charge on any atom is -0.349 e. The average Bonchev–Trinajstić information content (AvgIpc) is 2.71. The fraction of sp³-hybridized carbons (Fsp3) is 0.348. The van der Waals surface area contributed by atoms with Crippen molar-refractivity contribution in [2.75, 3.05) is 13.1 Å². The molecule has 2 aromatic carbocycles. The van der Waals surface area contributed by atoms with Gasteiger partial charge in [-0.25, -0.2) is 0 Å². The quantitative estimate of drug-likeness (QED) is 0.670. The molecule has 0 unspecified atom stereocenters. The smallest absolute Gasteiger partial charge is 0.279 e. The van der Waals surface area contributed by atoms with Crippen LogP contribution < -0.4 is 10.9 Å². The van der Waals surface area contributed by atoms with E-state index < -0.39 is 0 Å². The van der Waals surface area contributed by atoms with Crippen molar-refractivity contribution < 1.29 is 4.79 Å². The monoisotopic (exact) mass is 392 g/mol. The number of aromatic nitrogens is 2. The number of benzene rings is 2. The van der Waals surface area contributed by atoms with Gasteiger partial charge in [-0.15, -0.1) is 0 Å². The zero-order valence-corrected chi connectivity index (χ0v) is 17.4. The van der Waals surface area contributed by atoms with Gasteiger partial charge in [0.1, 0.15) is 0 Å². The molecule has 0 bridgehead atoms. The maximum Gasteiger partial charge on any atom is 0.279 e. The van der Waals surface area contributed by atoms with Gasteiger partial charge in [0.15, 0.2) is 5.69 Å². The molecule has 6 nitrogen and oxygen atoms in total. The zero-order chi connectivity index (χ0) is 21.0. The summed E-state index contributed by atoms with van der Waals surface area (Å²) in [5, 5.41) is 8.42. The number of carbonyl (C=O) groups excluding carboxylic acids is 1. The van der Waals surface area contributed by atoms with E-state index in [2.05, 4.69) is 43.0 Å². The molecule has 0 saturated carbocycles. The molecule has 0 aliphatic rings. The van der Waals surface area contributed by atoms with Crippen LogP contribution in [0.5, 0.6) is 0 Å². The maximum atomic E-state index is 13.0. The first kappa shape index (κ1) is 20.7. The topological polar surface area (TPSA) is 67.2 Å². The highest BCUT2D eigenvalue weighted by molar-refractivity contribution is 6.04. The van der Waals surface area contributed by atoms with E-state index in [9.17, 15) is 9.59 Å². The van der Waals surface area contributed by atoms with Crippen LogP contribution in [0.1, 0.15) is 38.2 Å². The van der Waals surface area contributed by atoms with Crippen LogP contribution in [-0.2, 0) is 0 Å². The Morgan fingerprint density at radius 2 is 1.55 bits per heavy atom. The molecule has 0 saturated heterocycles. The largest absolute Gasteiger partial charge is 0.349 e. The van der Waals surface area contributed by atoms with E-state index >= 15 is 0 Å². The summed E-state index contributed by atoms with van der Waals surface area (Å²) in [5.74, 6) is -0.279. The van der Waals surface area contributed by atoms with E-state index in [0.29, 0.717) is 35.1 Å². The molecule has 3 aromatic rings. The van der Waals surface area contributed by atoms with Crippen LogP contribution in [0, 0.1) is 0 Å². The summed E-state index contributed by atoms with van der Waals surface area (Å²) in [6, 6.07) is 17.0. The number of hydrogen-bond acceptors (Lipinski definition) is 4. The molecule has 1 amide bonds. The second kappa shape index (κ2) is 9.01. The van der Waals surface area contributed by atoms with Crippen LogP contribution in [-0.4, -0.2) is 45.8 Å². The van der Waals surface area contributed by atoms with Crippen LogP contribution in [0.4, 0.5) is 0 Å². The van der Waals surface area contributed by atoms with Gasteiger partial charge < -0.3 is 5.32 Å². The Hall–Kier alpha value is -2.99. The molecule has 1 N–H and O–H groups in total. The van der Waals surface area contributed by atoms with Crippen molar-refractivity contribution in [3.05, 3.63) is 70.6 Å². The molecular formula is C23H28N4O2. The molecule has 0 atom stereocenters. The molecule has 0 fully saturated rings. The first-order chi connectivity index (χ1) is 13.9. The van der Waals surface area contributed by atoms with Crippen LogP contribution in [0.2, 0.25) is 0 Å². The lowest BCUT2D eigenvalue weighted by Crippen LogP contribution is -2.42. The fourth-order valence-electron chi connectivity index (χ4n) is 3.60. The van der Waals surface area contributed by atoms with Crippen LogP contribution in [0.3, 0.4) is 0 Å². The Balaban J connectivity index is 1.93. The first-order valence-corrected chi connectivity index (χ1v) is 10.0. The van der Waals surface area contributed by atoms with E-state index in [1.54, 1.807) is 30.3 Å². The molecule has 6 heteroatoms. The average molecular weight is 393 g/mol. The highest BCUT2D eigenvalue weighted by atomic mass is 16.2. The van der Waals surface area contributed by atoms with Crippen molar-refractivity contribution in [2.45, 2.75) is 39.8 Å². The number of rotatable bonds is 7. The van der Waals surface area contributed by atoms with Crippen molar-refractivity contribution in [3.8, 4) is 5.69 Å². The van der Waals surface area contributed by atoms with Gasteiger partial charge in [-0.3, -0.25) is 14.5 Å². The van der Waals surface area contributed by atoms with Crippen molar-refractivity contribution in [2.24, 2.45) is 0 Å². The minimum atomic E-state index is -0.279. The third kappa shape index (κ3) is 4.54. The molecule has 0 aliphatic carbocycles. The van der Waals surface area contributed by atoms with Gasteiger partial charge in [-0.05, 0) is 45.9 Å². The summed E-state index contributed by atoms with van der Waals surface area (Å²) < 4.78 is 1.30. The summed E-state index contributed by atoms with van der Waals surface area (Å²) in [7, 11) is 0. The van der Waals surface area contributed by atoms with E-state index in [1.807, 2.05) is 24.3 Å². The number of fused-ring (bicyclic) bond motifs is 1. The molecule has 1 aromatic heterocycles. The SMILES string of the molecule is CC(C)N(CCNC(=O)c1nn(-c2ccccc2)c(=O)c2ccccc12)C(C)C. The number of carbonyl (C=O) groups is 1. The maximum absolute atomic E-state index is 13.0. The van der Waals surface area contributed by atoms with E-state index in [4.69, 9.17) is 0 Å². The molecule has 152 valence electrons. The predicted molar refractivity (Wildman–Crippen MR) is 117 cm³/mol. The van der Waals surface area contributed by atoms with Gasteiger partial charge >= 0.3 is 0 Å². The Kier molecular flexibility index (Phi) is 6.44. The normalized spacial score (nSPS) is 11.6. The van der Waals surface area contributed by atoms with E-state index in [1.165, 1.54) is 4.68 Å². The van der Waals surface area contributed by atoms with E-state index in [-0.39, 0.29) is 17.2 Å². The third-order valence-electron chi connectivity index (χ3n) is 5.00. The summed E-state index contributed by atoms with van der Waals surface area (Å²) in [6.45, 7) is 9.84. The second-order valence-corrected chi connectivity index (χ2v) is 7.63. The van der Waals surface area contributed by atoms with Crippen molar-refractivity contribution >= 4 is 16.7 Å². The van der Waals surface area contributed by atoms with Crippen LogP contribution in [0.15, 0.2) is 59.4 Å². The lowest BCUT2D eigenvalue weighted by molar-refractivity contribution is 0.0934. The Morgan fingerprint density at radius 3 is 2.17 bits per heavy atom. The van der Waals surface area contributed by atoms with Gasteiger partial charge in [-0.1, -0.05) is 36.4 Å². The third-order valence-corrected chi connectivity index (χ3v) is 5.00. The lowest BCUT2D eigenvalue weighted by Gasteiger charge is -2.30. The van der Waals surface area contributed by atoms with Crippen molar-refractivity contribution in [1.82, 2.24) is 20.0 Å². The summed E-state index contributed by atoms with van der Waals surface area (Å²) in [6.07, 6.45) is 0. The van der Waals surface area contributed by atoms with Gasteiger partial charge in [-0.2, -0.15) is 9.78 Å². The van der Waals surface area contributed by atoms with E-state index in [0.717, 1.165) is 6.54 Å². The van der Waals surface area contributed by atoms with Gasteiger partial charge in [0.25, 0.3) is 11.5 Å². The van der Waals surface area contributed by atoms with Crippen molar-refractivity contribution in [3.63, 3.8) is 0 Å². The summed E-state index contributed by atoms with van der Waals surface area (Å²) in [4.78, 5) is 28.2. The second-order valence-electron chi connectivity index (χ2n) is 7.63. The molecule has 0 aliphatic heterocycles. The molecule has 0 radical (unpaired) electrons. The van der Waals surface area contributed by atoms with Gasteiger partial charge in [0.05, 0.1) is 11.1 Å². The lowest BCUT2D eigenvalue weighted by atomic mass is 10.1. The Labute approximate surface area is 171 Å². The van der Waals surface area contributed by atoms with Gasteiger partial charge in [0, 0.05) is 30.6 Å². The number of para-hydroxylation sites is 1.